The van der Waals surface area contributed by atoms with Crippen molar-refractivity contribution in [2.45, 2.75) is 84.3 Å². The van der Waals surface area contributed by atoms with Gasteiger partial charge in [-0.25, -0.2) is 0 Å². The van der Waals surface area contributed by atoms with Crippen LogP contribution in [-0.4, -0.2) is 12.0 Å². The molecule has 1 N–H and O–H groups in total. The van der Waals surface area contributed by atoms with E-state index in [0.29, 0.717) is 0 Å². The Morgan fingerprint density at radius 2 is 1.69 bits per heavy atom. The SMILES string of the molecule is CCC(NC(=O)C(C)Oc1ccc(C(C)(C)C)cc1)c1ccc2c(c1)CCCC2. The molecule has 0 saturated heterocycles. The molecular weight excluding hydrogens is 358 g/mol. The fourth-order valence-corrected chi connectivity index (χ4v) is 3.97. The van der Waals surface area contributed by atoms with Crippen molar-refractivity contribution in [3.05, 3.63) is 64.7 Å². The van der Waals surface area contributed by atoms with Gasteiger partial charge in [-0.05, 0) is 78.8 Å². The first-order valence-corrected chi connectivity index (χ1v) is 11.0. The first kappa shape index (κ1) is 21.4. The van der Waals surface area contributed by atoms with Crippen molar-refractivity contribution in [3.8, 4) is 5.75 Å². The molecule has 29 heavy (non-hydrogen) atoms. The Bertz CT molecular complexity index is 833. The van der Waals surface area contributed by atoms with Crippen LogP contribution in [-0.2, 0) is 23.1 Å². The lowest BCUT2D eigenvalue weighted by Crippen LogP contribution is -2.38. The van der Waals surface area contributed by atoms with Crippen molar-refractivity contribution in [2.24, 2.45) is 0 Å². The summed E-state index contributed by atoms with van der Waals surface area (Å²) in [4.78, 5) is 12.8. The Labute approximate surface area is 175 Å². The van der Waals surface area contributed by atoms with Gasteiger partial charge in [-0.3, -0.25) is 4.79 Å². The van der Waals surface area contributed by atoms with Crippen LogP contribution in [0.25, 0.3) is 0 Å². The predicted molar refractivity (Wildman–Crippen MR) is 119 cm³/mol. The quantitative estimate of drug-likeness (QED) is 0.664. The summed E-state index contributed by atoms with van der Waals surface area (Å²) >= 11 is 0. The van der Waals surface area contributed by atoms with Crippen LogP contribution < -0.4 is 10.1 Å². The maximum atomic E-state index is 12.8. The third kappa shape index (κ3) is 5.41. The van der Waals surface area contributed by atoms with E-state index < -0.39 is 6.10 Å². The molecule has 3 rings (SSSR count). The number of nitrogens with one attached hydrogen (secondary N) is 1. The molecule has 3 heteroatoms. The standard InChI is InChI=1S/C26H35NO2/c1-6-24(21-12-11-19-9-7-8-10-20(19)17-21)27-25(28)18(2)29-23-15-13-22(14-16-23)26(3,4)5/h11-18,24H,6-10H2,1-5H3,(H,27,28). The van der Waals surface area contributed by atoms with Gasteiger partial charge in [-0.1, -0.05) is 58.0 Å². The molecule has 2 aromatic carbocycles. The van der Waals surface area contributed by atoms with E-state index in [0.717, 1.165) is 18.6 Å². The van der Waals surface area contributed by atoms with Crippen LogP contribution in [0.2, 0.25) is 0 Å². The Balaban J connectivity index is 1.63. The molecule has 156 valence electrons. The molecule has 3 nitrogen and oxygen atoms in total. The van der Waals surface area contributed by atoms with Gasteiger partial charge in [0, 0.05) is 0 Å². The molecule has 0 aromatic heterocycles. The van der Waals surface area contributed by atoms with Crippen molar-refractivity contribution in [3.63, 3.8) is 0 Å². The van der Waals surface area contributed by atoms with Crippen molar-refractivity contribution in [2.75, 3.05) is 0 Å². The second kappa shape index (κ2) is 9.02. The topological polar surface area (TPSA) is 38.3 Å². The van der Waals surface area contributed by atoms with E-state index in [-0.39, 0.29) is 17.4 Å². The molecule has 0 spiro atoms. The third-order valence-electron chi connectivity index (χ3n) is 5.90. The lowest BCUT2D eigenvalue weighted by atomic mass is 9.87. The van der Waals surface area contributed by atoms with Gasteiger partial charge in [-0.2, -0.15) is 0 Å². The zero-order valence-corrected chi connectivity index (χ0v) is 18.5. The average Bonchev–Trinajstić information content (AvgIpc) is 2.71. The number of fused-ring (bicyclic) bond motifs is 1. The van der Waals surface area contributed by atoms with E-state index in [2.05, 4.69) is 63.3 Å². The third-order valence-corrected chi connectivity index (χ3v) is 5.90. The van der Waals surface area contributed by atoms with Crippen LogP contribution >= 0.6 is 0 Å². The Morgan fingerprint density at radius 3 is 2.31 bits per heavy atom. The number of benzene rings is 2. The van der Waals surface area contributed by atoms with E-state index in [1.54, 1.807) is 0 Å². The van der Waals surface area contributed by atoms with Crippen LogP contribution in [0.1, 0.15) is 82.2 Å². The molecule has 0 heterocycles. The average molecular weight is 394 g/mol. The van der Waals surface area contributed by atoms with Crippen molar-refractivity contribution >= 4 is 5.91 Å². The maximum absolute atomic E-state index is 12.8. The number of amides is 1. The molecule has 1 aliphatic carbocycles. The van der Waals surface area contributed by atoms with E-state index in [1.165, 1.54) is 41.5 Å². The van der Waals surface area contributed by atoms with Gasteiger partial charge in [-0.15, -0.1) is 0 Å². The number of rotatable bonds is 6. The molecule has 0 radical (unpaired) electrons. The molecule has 0 saturated carbocycles. The zero-order chi connectivity index (χ0) is 21.0. The highest BCUT2D eigenvalue weighted by atomic mass is 16.5. The fourth-order valence-electron chi connectivity index (χ4n) is 3.97. The van der Waals surface area contributed by atoms with Gasteiger partial charge in [0.25, 0.3) is 5.91 Å². The summed E-state index contributed by atoms with van der Waals surface area (Å²) in [5.41, 5.74) is 5.47. The minimum atomic E-state index is -0.540. The number of carbonyl (C=O) groups excluding carboxylic acids is 1. The molecule has 0 fully saturated rings. The first-order valence-electron chi connectivity index (χ1n) is 11.0. The van der Waals surface area contributed by atoms with Gasteiger partial charge in [0.2, 0.25) is 0 Å². The van der Waals surface area contributed by atoms with Crippen LogP contribution in [0.3, 0.4) is 0 Å². The fraction of sp³-hybridized carbons (Fsp3) is 0.500. The van der Waals surface area contributed by atoms with Gasteiger partial charge in [0.1, 0.15) is 5.75 Å². The normalized spacial score (nSPS) is 15.9. The summed E-state index contributed by atoms with van der Waals surface area (Å²) in [5.74, 6) is 0.650. The maximum Gasteiger partial charge on any atom is 0.261 e. The highest BCUT2D eigenvalue weighted by molar-refractivity contribution is 5.81. The van der Waals surface area contributed by atoms with Crippen LogP contribution in [0.15, 0.2) is 42.5 Å². The summed E-state index contributed by atoms with van der Waals surface area (Å²) in [7, 11) is 0. The lowest BCUT2D eigenvalue weighted by Gasteiger charge is -2.24. The van der Waals surface area contributed by atoms with Gasteiger partial charge >= 0.3 is 0 Å². The largest absolute Gasteiger partial charge is 0.481 e. The Morgan fingerprint density at radius 1 is 1.03 bits per heavy atom. The summed E-state index contributed by atoms with van der Waals surface area (Å²) < 4.78 is 5.90. The number of hydrogen-bond donors (Lipinski definition) is 1. The van der Waals surface area contributed by atoms with Crippen molar-refractivity contribution in [1.29, 1.82) is 0 Å². The molecular formula is C26H35NO2. The summed E-state index contributed by atoms with van der Waals surface area (Å²) in [6.07, 6.45) is 5.19. The van der Waals surface area contributed by atoms with Gasteiger partial charge < -0.3 is 10.1 Å². The van der Waals surface area contributed by atoms with Gasteiger partial charge in [0.15, 0.2) is 6.10 Å². The molecule has 2 aromatic rings. The van der Waals surface area contributed by atoms with Crippen molar-refractivity contribution < 1.29 is 9.53 Å². The summed E-state index contributed by atoms with van der Waals surface area (Å²) in [5, 5.41) is 3.18. The van der Waals surface area contributed by atoms with E-state index in [1.807, 2.05) is 19.1 Å². The highest BCUT2D eigenvalue weighted by Gasteiger charge is 2.21. The molecule has 2 unspecified atom stereocenters. The minimum Gasteiger partial charge on any atom is -0.481 e. The van der Waals surface area contributed by atoms with E-state index in [9.17, 15) is 4.79 Å². The zero-order valence-electron chi connectivity index (χ0n) is 18.5. The second-order valence-corrected chi connectivity index (χ2v) is 9.24. The first-order chi connectivity index (χ1) is 13.8. The number of hydrogen-bond acceptors (Lipinski definition) is 2. The van der Waals surface area contributed by atoms with E-state index >= 15 is 0 Å². The van der Waals surface area contributed by atoms with Crippen LogP contribution in [0, 0.1) is 0 Å². The number of carbonyl (C=O) groups is 1. The molecule has 2 atom stereocenters. The highest BCUT2D eigenvalue weighted by Crippen LogP contribution is 2.27. The molecule has 1 aliphatic rings. The van der Waals surface area contributed by atoms with Crippen LogP contribution in [0.4, 0.5) is 0 Å². The monoisotopic (exact) mass is 393 g/mol. The number of aryl methyl sites for hydroxylation is 2. The molecule has 0 aliphatic heterocycles. The Kier molecular flexibility index (Phi) is 6.66. The smallest absolute Gasteiger partial charge is 0.261 e. The van der Waals surface area contributed by atoms with E-state index in [4.69, 9.17) is 4.74 Å². The molecule has 1 amide bonds. The minimum absolute atomic E-state index is 0.0176. The Hall–Kier alpha value is -2.29. The van der Waals surface area contributed by atoms with Gasteiger partial charge in [0.05, 0.1) is 6.04 Å². The second-order valence-electron chi connectivity index (χ2n) is 9.24. The predicted octanol–water partition coefficient (Wildman–Crippen LogP) is 5.90. The van der Waals surface area contributed by atoms with Crippen molar-refractivity contribution in [1.82, 2.24) is 5.32 Å². The summed E-state index contributed by atoms with van der Waals surface area (Å²) in [6.45, 7) is 10.5. The number of ether oxygens (including phenoxy) is 1. The summed E-state index contributed by atoms with van der Waals surface area (Å²) in [6, 6.07) is 14.8. The van der Waals surface area contributed by atoms with Crippen LogP contribution in [0.5, 0.6) is 5.75 Å². The lowest BCUT2D eigenvalue weighted by molar-refractivity contribution is -0.128. The molecule has 0 bridgehead atoms.